The van der Waals surface area contributed by atoms with Crippen molar-refractivity contribution in [3.8, 4) is 0 Å². The van der Waals surface area contributed by atoms with Crippen LogP contribution in [0.15, 0.2) is 35.0 Å². The monoisotopic (exact) mass is 473 g/mol. The van der Waals surface area contributed by atoms with E-state index in [0.717, 1.165) is 50.9 Å². The number of rotatable bonds is 4. The third-order valence-corrected chi connectivity index (χ3v) is 8.07. The molecule has 1 aromatic heterocycles. The summed E-state index contributed by atoms with van der Waals surface area (Å²) < 4.78 is 0. The number of hydrogen-bond acceptors (Lipinski definition) is 6. The molecule has 2 amide bonds. The van der Waals surface area contributed by atoms with Crippen LogP contribution in [0.5, 0.6) is 0 Å². The van der Waals surface area contributed by atoms with Crippen molar-refractivity contribution in [1.82, 2.24) is 25.8 Å². The third-order valence-electron chi connectivity index (χ3n) is 6.67. The Labute approximate surface area is 197 Å². The molecule has 170 valence electrons. The van der Waals surface area contributed by atoms with E-state index in [1.165, 1.54) is 16.2 Å². The number of allylic oxidation sites excluding steroid dienone is 2. The molecule has 9 heteroatoms. The van der Waals surface area contributed by atoms with E-state index in [4.69, 9.17) is 11.6 Å². The Morgan fingerprint density at radius 2 is 1.94 bits per heavy atom. The van der Waals surface area contributed by atoms with E-state index in [-0.39, 0.29) is 35.9 Å². The van der Waals surface area contributed by atoms with E-state index in [1.807, 2.05) is 24.3 Å². The molecule has 3 N–H and O–H groups in total. The van der Waals surface area contributed by atoms with Gasteiger partial charge in [-0.2, -0.15) is 0 Å². The normalized spacial score (nSPS) is 29.3. The highest BCUT2D eigenvalue weighted by atomic mass is 35.5. The molecule has 0 bridgehead atoms. The van der Waals surface area contributed by atoms with Crippen molar-refractivity contribution in [2.24, 2.45) is 5.92 Å². The number of likely N-dealkylation sites (N-methyl/N-ethyl adjacent to an activating group) is 1. The lowest BCUT2D eigenvalue weighted by atomic mass is 9.90. The molecule has 2 aliphatic heterocycles. The Balaban J connectivity index is 1.23. The number of carbonyl (C=O) groups is 2. The fourth-order valence-corrected chi connectivity index (χ4v) is 6.08. The number of halogens is 1. The Kier molecular flexibility index (Phi) is 6.09. The van der Waals surface area contributed by atoms with Crippen molar-refractivity contribution in [3.05, 3.63) is 50.6 Å². The summed E-state index contributed by atoms with van der Waals surface area (Å²) in [6, 6.07) is -0.127. The van der Waals surface area contributed by atoms with Gasteiger partial charge in [-0.15, -0.1) is 11.3 Å². The zero-order chi connectivity index (χ0) is 22.2. The highest BCUT2D eigenvalue weighted by Crippen LogP contribution is 2.28. The summed E-state index contributed by atoms with van der Waals surface area (Å²) in [4.78, 5) is 33.9. The van der Waals surface area contributed by atoms with Crippen LogP contribution in [0.2, 0.25) is 0 Å². The number of nitrogens with one attached hydrogen (secondary N) is 3. The highest BCUT2D eigenvalue weighted by Gasteiger charge is 2.33. The SMILES string of the molecule is CN1CCc2sc(C(=O)N[C@@H]3CCCC[C@@H]3NC(=O)C3=CC4C=C(Cl)C=CC4N3)nc2C1. The van der Waals surface area contributed by atoms with Gasteiger partial charge in [0.2, 0.25) is 0 Å². The molecule has 4 atom stereocenters. The van der Waals surface area contributed by atoms with Crippen LogP contribution >= 0.6 is 22.9 Å². The lowest BCUT2D eigenvalue weighted by Gasteiger charge is -2.32. The van der Waals surface area contributed by atoms with Crippen LogP contribution in [0.25, 0.3) is 0 Å². The molecule has 2 unspecified atom stereocenters. The Morgan fingerprint density at radius 3 is 2.72 bits per heavy atom. The minimum Gasteiger partial charge on any atom is -0.374 e. The molecule has 1 fully saturated rings. The first-order chi connectivity index (χ1) is 15.5. The second-order valence-electron chi connectivity index (χ2n) is 9.06. The molecular weight excluding hydrogens is 446 g/mol. The van der Waals surface area contributed by atoms with Crippen molar-refractivity contribution in [2.45, 2.75) is 56.8 Å². The van der Waals surface area contributed by atoms with Gasteiger partial charge in [0.05, 0.1) is 17.4 Å². The molecular formula is C23H28ClN5O2S. The summed E-state index contributed by atoms with van der Waals surface area (Å²) >= 11 is 7.60. The number of carbonyl (C=O) groups excluding carboxylic acids is 2. The van der Waals surface area contributed by atoms with Gasteiger partial charge in [0, 0.05) is 41.0 Å². The van der Waals surface area contributed by atoms with Crippen molar-refractivity contribution in [1.29, 1.82) is 0 Å². The number of amides is 2. The first kappa shape index (κ1) is 21.7. The first-order valence-electron chi connectivity index (χ1n) is 11.3. The molecule has 32 heavy (non-hydrogen) atoms. The van der Waals surface area contributed by atoms with Crippen LogP contribution in [-0.4, -0.2) is 53.4 Å². The summed E-state index contributed by atoms with van der Waals surface area (Å²) in [7, 11) is 2.07. The van der Waals surface area contributed by atoms with Crippen LogP contribution in [-0.2, 0) is 17.8 Å². The molecule has 0 radical (unpaired) electrons. The van der Waals surface area contributed by atoms with Gasteiger partial charge in [0.25, 0.3) is 11.8 Å². The quantitative estimate of drug-likeness (QED) is 0.625. The van der Waals surface area contributed by atoms with Gasteiger partial charge in [0.15, 0.2) is 5.01 Å². The van der Waals surface area contributed by atoms with Crippen molar-refractivity contribution in [3.63, 3.8) is 0 Å². The molecule has 5 rings (SSSR count). The third kappa shape index (κ3) is 4.49. The fourth-order valence-electron chi connectivity index (χ4n) is 4.90. The van der Waals surface area contributed by atoms with Crippen molar-refractivity contribution < 1.29 is 9.59 Å². The summed E-state index contributed by atoms with van der Waals surface area (Å²) in [5.74, 6) is -0.173. The van der Waals surface area contributed by atoms with Gasteiger partial charge < -0.3 is 20.9 Å². The van der Waals surface area contributed by atoms with Crippen LogP contribution < -0.4 is 16.0 Å². The van der Waals surface area contributed by atoms with Crippen LogP contribution in [0, 0.1) is 5.92 Å². The average molecular weight is 474 g/mol. The van der Waals surface area contributed by atoms with E-state index < -0.39 is 0 Å². The fraction of sp³-hybridized carbons (Fsp3) is 0.522. The molecule has 0 spiro atoms. The zero-order valence-electron chi connectivity index (χ0n) is 18.1. The van der Waals surface area contributed by atoms with Crippen LogP contribution in [0.4, 0.5) is 0 Å². The molecule has 1 saturated carbocycles. The van der Waals surface area contributed by atoms with Gasteiger partial charge >= 0.3 is 0 Å². The largest absolute Gasteiger partial charge is 0.374 e. The van der Waals surface area contributed by atoms with E-state index in [0.29, 0.717) is 15.7 Å². The number of aromatic nitrogens is 1. The van der Waals surface area contributed by atoms with E-state index in [9.17, 15) is 9.59 Å². The maximum atomic E-state index is 13.0. The minimum absolute atomic E-state index is 0.0649. The van der Waals surface area contributed by atoms with E-state index >= 15 is 0 Å². The molecule has 2 aliphatic carbocycles. The van der Waals surface area contributed by atoms with Crippen LogP contribution in [0.1, 0.15) is 46.1 Å². The van der Waals surface area contributed by atoms with E-state index in [2.05, 4.69) is 32.9 Å². The number of nitrogens with zero attached hydrogens (tertiary/aromatic N) is 2. The summed E-state index contributed by atoms with van der Waals surface area (Å²) in [6.45, 7) is 1.79. The van der Waals surface area contributed by atoms with Crippen molar-refractivity contribution >= 4 is 34.8 Å². The predicted octanol–water partition coefficient (Wildman–Crippen LogP) is 2.45. The first-order valence-corrected chi connectivity index (χ1v) is 12.5. The molecule has 0 aromatic carbocycles. The van der Waals surface area contributed by atoms with Gasteiger partial charge in [-0.3, -0.25) is 9.59 Å². The molecule has 4 aliphatic rings. The number of fused-ring (bicyclic) bond motifs is 2. The van der Waals surface area contributed by atoms with E-state index in [1.54, 1.807) is 0 Å². The lowest BCUT2D eigenvalue weighted by Crippen LogP contribution is -2.54. The molecule has 7 nitrogen and oxygen atoms in total. The molecule has 1 aromatic rings. The van der Waals surface area contributed by atoms with Gasteiger partial charge in [-0.05, 0) is 38.5 Å². The van der Waals surface area contributed by atoms with Gasteiger partial charge in [0.1, 0.15) is 0 Å². The molecule has 0 saturated heterocycles. The second-order valence-corrected chi connectivity index (χ2v) is 10.6. The standard InChI is InChI=1S/C23H28ClN5O2S/c1-29-9-8-20-19(12-29)28-23(32-20)22(31)27-17-5-3-2-4-16(17)26-21(30)18-11-13-10-14(24)6-7-15(13)25-18/h6-7,10-11,13,15-17,25H,2-5,8-9,12H2,1H3,(H,26,30)(H,27,31)/t13?,15?,16-,17+/m0/s1. The number of thiazole rings is 1. The average Bonchev–Trinajstić information content (AvgIpc) is 3.38. The smallest absolute Gasteiger partial charge is 0.280 e. The maximum Gasteiger partial charge on any atom is 0.280 e. The topological polar surface area (TPSA) is 86.4 Å². The second kappa shape index (κ2) is 9.00. The summed E-state index contributed by atoms with van der Waals surface area (Å²) in [6.07, 6.45) is 12.4. The highest BCUT2D eigenvalue weighted by molar-refractivity contribution is 7.13. The van der Waals surface area contributed by atoms with Gasteiger partial charge in [-0.1, -0.05) is 36.6 Å². The Hall–Kier alpha value is -2.16. The van der Waals surface area contributed by atoms with Gasteiger partial charge in [-0.25, -0.2) is 4.98 Å². The summed E-state index contributed by atoms with van der Waals surface area (Å²) in [5.41, 5.74) is 1.59. The van der Waals surface area contributed by atoms with Crippen LogP contribution in [0.3, 0.4) is 0 Å². The minimum atomic E-state index is -0.132. The maximum absolute atomic E-state index is 13.0. The van der Waals surface area contributed by atoms with Crippen molar-refractivity contribution in [2.75, 3.05) is 13.6 Å². The number of hydrogen-bond donors (Lipinski definition) is 3. The Morgan fingerprint density at radius 1 is 1.19 bits per heavy atom. The predicted molar refractivity (Wildman–Crippen MR) is 125 cm³/mol. The zero-order valence-corrected chi connectivity index (χ0v) is 19.6. The summed E-state index contributed by atoms with van der Waals surface area (Å²) in [5, 5.41) is 10.8. The molecule has 3 heterocycles. The lowest BCUT2D eigenvalue weighted by molar-refractivity contribution is -0.118. The Bertz CT molecular complexity index is 1020.